The van der Waals surface area contributed by atoms with Gasteiger partial charge in [0.25, 0.3) is 0 Å². The number of nitrogens with zero attached hydrogens (tertiary/aromatic N) is 1. The van der Waals surface area contributed by atoms with Crippen molar-refractivity contribution in [3.63, 3.8) is 0 Å². The molecule has 1 saturated heterocycles. The number of likely N-dealkylation sites (tertiary alicyclic amines) is 1. The molecule has 1 amide bonds. The quantitative estimate of drug-likeness (QED) is 0.518. The van der Waals surface area contributed by atoms with Gasteiger partial charge in [0.05, 0.1) is 12.2 Å². The van der Waals surface area contributed by atoms with Gasteiger partial charge in [-0.05, 0) is 75.7 Å². The largest absolute Gasteiger partial charge is 0.389 e. The van der Waals surface area contributed by atoms with Crippen molar-refractivity contribution >= 4 is 5.91 Å². The molecule has 4 N–H and O–H groups in total. The first kappa shape index (κ1) is 18.7. The van der Waals surface area contributed by atoms with Crippen molar-refractivity contribution in [3.8, 4) is 0 Å². The third-order valence-corrected chi connectivity index (χ3v) is 7.25. The van der Waals surface area contributed by atoms with Crippen LogP contribution in [0.15, 0.2) is 0 Å². The lowest BCUT2D eigenvalue weighted by molar-refractivity contribution is -0.127. The number of amides is 1. The highest BCUT2D eigenvalue weighted by molar-refractivity contribution is 5.76. The summed E-state index contributed by atoms with van der Waals surface area (Å²) >= 11 is 0. The van der Waals surface area contributed by atoms with Crippen molar-refractivity contribution in [2.24, 2.45) is 17.8 Å². The van der Waals surface area contributed by atoms with Crippen LogP contribution in [0.5, 0.6) is 0 Å². The first-order valence-corrected chi connectivity index (χ1v) is 10.5. The van der Waals surface area contributed by atoms with Crippen LogP contribution in [0.4, 0.5) is 0 Å². The van der Waals surface area contributed by atoms with E-state index >= 15 is 0 Å². The molecule has 5 rings (SSSR count). The van der Waals surface area contributed by atoms with E-state index < -0.39 is 18.3 Å². The lowest BCUT2D eigenvalue weighted by atomic mass is 9.53. The number of carbonyl (C=O) groups is 1. The van der Waals surface area contributed by atoms with Crippen LogP contribution >= 0.6 is 0 Å². The Morgan fingerprint density at radius 2 is 1.46 bits per heavy atom. The molecular formula is C20H34N2O4. The molecule has 4 bridgehead atoms. The van der Waals surface area contributed by atoms with E-state index in [4.69, 9.17) is 0 Å². The minimum atomic E-state index is -1.04. The number of unbranched alkanes of at least 4 members (excludes halogenated alkanes) is 1. The van der Waals surface area contributed by atoms with Crippen molar-refractivity contribution < 1.29 is 20.1 Å². The molecule has 4 aliphatic carbocycles. The van der Waals surface area contributed by atoms with Crippen molar-refractivity contribution in [1.29, 1.82) is 0 Å². The molecule has 4 saturated carbocycles. The molecule has 0 aromatic rings. The minimum Gasteiger partial charge on any atom is -0.389 e. The molecule has 3 atom stereocenters. The van der Waals surface area contributed by atoms with Gasteiger partial charge in [-0.3, -0.25) is 9.69 Å². The number of piperidine rings is 1. The second-order valence-corrected chi connectivity index (χ2v) is 9.59. The smallest absolute Gasteiger partial charge is 0.220 e. The zero-order chi connectivity index (χ0) is 18.3. The summed E-state index contributed by atoms with van der Waals surface area (Å²) in [7, 11) is 0. The average Bonchev–Trinajstić information content (AvgIpc) is 2.54. The molecule has 0 spiro atoms. The molecule has 1 unspecified atom stereocenters. The number of β-amino-alcohol motifs (C(OH)–C–C–N with tert-alkyl or cyclic N) is 2. The van der Waals surface area contributed by atoms with E-state index in [1.54, 1.807) is 0 Å². The first-order chi connectivity index (χ1) is 12.4. The number of hydrogen-bond donors (Lipinski definition) is 4. The van der Waals surface area contributed by atoms with Gasteiger partial charge in [-0.15, -0.1) is 0 Å². The van der Waals surface area contributed by atoms with Gasteiger partial charge in [0, 0.05) is 25.0 Å². The minimum absolute atomic E-state index is 0.100. The Hall–Kier alpha value is -0.690. The molecule has 5 fully saturated rings. The zero-order valence-electron chi connectivity index (χ0n) is 15.6. The van der Waals surface area contributed by atoms with Gasteiger partial charge in [-0.1, -0.05) is 0 Å². The molecule has 148 valence electrons. The maximum atomic E-state index is 12.5. The van der Waals surface area contributed by atoms with E-state index in [-0.39, 0.29) is 11.4 Å². The van der Waals surface area contributed by atoms with Gasteiger partial charge < -0.3 is 20.6 Å². The summed E-state index contributed by atoms with van der Waals surface area (Å²) in [4.78, 5) is 14.5. The highest BCUT2D eigenvalue weighted by Gasteiger charge is 2.51. The SMILES string of the molecule is O=C(CCCCN1C[C@@H](O)C(O)[C@@H](O)C1)NC12CC3CC(CC(C3)C1)C2. The Kier molecular flexibility index (Phi) is 5.30. The Balaban J connectivity index is 1.17. The van der Waals surface area contributed by atoms with Crippen LogP contribution < -0.4 is 5.32 Å². The number of aliphatic hydroxyl groups excluding tert-OH is 3. The normalized spacial score (nSPS) is 45.0. The summed E-state index contributed by atoms with van der Waals surface area (Å²) < 4.78 is 0. The van der Waals surface area contributed by atoms with Crippen molar-refractivity contribution in [3.05, 3.63) is 0 Å². The zero-order valence-corrected chi connectivity index (χ0v) is 15.6. The molecule has 1 aliphatic heterocycles. The summed E-state index contributed by atoms with van der Waals surface area (Å²) in [5.41, 5.74) is 0.100. The summed E-state index contributed by atoms with van der Waals surface area (Å²) in [6, 6.07) is 0. The molecule has 0 aromatic heterocycles. The predicted molar refractivity (Wildman–Crippen MR) is 97.4 cm³/mol. The van der Waals surface area contributed by atoms with E-state index in [2.05, 4.69) is 5.32 Å². The molecule has 0 radical (unpaired) electrons. The molecular weight excluding hydrogens is 332 g/mol. The van der Waals surface area contributed by atoms with Crippen LogP contribution in [-0.2, 0) is 4.79 Å². The van der Waals surface area contributed by atoms with Crippen LogP contribution in [0.3, 0.4) is 0 Å². The number of nitrogens with one attached hydrogen (secondary N) is 1. The average molecular weight is 367 g/mol. The van der Waals surface area contributed by atoms with E-state index in [9.17, 15) is 20.1 Å². The summed E-state index contributed by atoms with van der Waals surface area (Å²) in [6.45, 7) is 1.51. The van der Waals surface area contributed by atoms with Crippen molar-refractivity contribution in [2.45, 2.75) is 81.6 Å². The molecule has 6 nitrogen and oxygen atoms in total. The highest BCUT2D eigenvalue weighted by atomic mass is 16.4. The van der Waals surface area contributed by atoms with Crippen LogP contribution in [0.1, 0.15) is 57.8 Å². The second-order valence-electron chi connectivity index (χ2n) is 9.59. The molecule has 0 aromatic carbocycles. The Morgan fingerprint density at radius 3 is 2.00 bits per heavy atom. The van der Waals surface area contributed by atoms with Crippen LogP contribution in [0.25, 0.3) is 0 Å². The van der Waals surface area contributed by atoms with Crippen molar-refractivity contribution in [1.82, 2.24) is 10.2 Å². The van der Waals surface area contributed by atoms with Gasteiger partial charge in [0.1, 0.15) is 6.10 Å². The third-order valence-electron chi connectivity index (χ3n) is 7.25. The number of hydrogen-bond acceptors (Lipinski definition) is 5. The molecule has 6 heteroatoms. The fourth-order valence-corrected chi connectivity index (χ4v) is 6.50. The predicted octanol–water partition coefficient (Wildman–Crippen LogP) is 0.640. The molecule has 26 heavy (non-hydrogen) atoms. The van der Waals surface area contributed by atoms with E-state index in [1.165, 1.54) is 38.5 Å². The van der Waals surface area contributed by atoms with E-state index in [1.807, 2.05) is 4.90 Å². The number of rotatable bonds is 6. The Labute approximate surface area is 156 Å². The molecule has 1 heterocycles. The van der Waals surface area contributed by atoms with Gasteiger partial charge in [0.2, 0.25) is 5.91 Å². The highest BCUT2D eigenvalue weighted by Crippen LogP contribution is 2.55. The third kappa shape index (κ3) is 3.93. The monoisotopic (exact) mass is 366 g/mol. The standard InChI is InChI=1S/C20H34N2O4/c23-16-11-22(12-17(24)19(16)26)4-2-1-3-18(25)21-20-8-13-5-14(9-20)7-15(6-13)10-20/h13-17,19,23-24,26H,1-12H2,(H,21,25)/t13?,14?,15?,16-,17+,19?,20?. The van der Waals surface area contributed by atoms with Gasteiger partial charge >= 0.3 is 0 Å². The topological polar surface area (TPSA) is 93.0 Å². The van der Waals surface area contributed by atoms with Gasteiger partial charge in [0.15, 0.2) is 0 Å². The van der Waals surface area contributed by atoms with Gasteiger partial charge in [-0.25, -0.2) is 0 Å². The number of carbonyl (C=O) groups excluding carboxylic acids is 1. The maximum Gasteiger partial charge on any atom is 0.220 e. The van der Waals surface area contributed by atoms with Crippen LogP contribution in [0.2, 0.25) is 0 Å². The molecule has 5 aliphatic rings. The van der Waals surface area contributed by atoms with Crippen LogP contribution in [-0.4, -0.2) is 69.6 Å². The summed E-state index contributed by atoms with van der Waals surface area (Å²) in [5.74, 6) is 2.72. The lowest BCUT2D eigenvalue weighted by Gasteiger charge is -2.56. The Morgan fingerprint density at radius 1 is 0.923 bits per heavy atom. The summed E-state index contributed by atoms with van der Waals surface area (Å²) in [5, 5.41) is 32.5. The first-order valence-electron chi connectivity index (χ1n) is 10.5. The second kappa shape index (κ2) is 7.38. The van der Waals surface area contributed by atoms with E-state index in [0.717, 1.165) is 37.1 Å². The Bertz CT molecular complexity index is 479. The van der Waals surface area contributed by atoms with Crippen molar-refractivity contribution in [2.75, 3.05) is 19.6 Å². The van der Waals surface area contributed by atoms with Gasteiger partial charge in [-0.2, -0.15) is 0 Å². The maximum absolute atomic E-state index is 12.5. The van der Waals surface area contributed by atoms with Crippen LogP contribution in [0, 0.1) is 17.8 Å². The lowest BCUT2D eigenvalue weighted by Crippen LogP contribution is -2.59. The van der Waals surface area contributed by atoms with E-state index in [0.29, 0.717) is 19.5 Å². The summed E-state index contributed by atoms with van der Waals surface area (Å²) in [6.07, 6.45) is 7.15. The fourth-order valence-electron chi connectivity index (χ4n) is 6.50. The number of aliphatic hydroxyl groups is 3. The fraction of sp³-hybridized carbons (Fsp3) is 0.950.